The molecule has 2 aromatic heterocycles. The molecule has 0 unspecified atom stereocenters. The number of benzene rings is 5. The molecule has 0 radical (unpaired) electrons. The van der Waals surface area contributed by atoms with Crippen molar-refractivity contribution in [1.82, 2.24) is 9.13 Å². The SMILES string of the molecule is Clc1ccc2c(c1)c1ccccc1n2-c1ccc2c(c1)c1ccccc1n2-c1ccccc1. The van der Waals surface area contributed by atoms with E-state index < -0.39 is 0 Å². The lowest BCUT2D eigenvalue weighted by molar-refractivity contribution is 1.17. The van der Waals surface area contributed by atoms with Crippen molar-refractivity contribution in [1.29, 1.82) is 0 Å². The Morgan fingerprint density at radius 2 is 0.909 bits per heavy atom. The van der Waals surface area contributed by atoms with Gasteiger partial charge < -0.3 is 9.13 Å². The van der Waals surface area contributed by atoms with Crippen LogP contribution in [0.25, 0.3) is 55.0 Å². The summed E-state index contributed by atoms with van der Waals surface area (Å²) in [7, 11) is 0. The molecule has 0 aliphatic carbocycles. The lowest BCUT2D eigenvalue weighted by Gasteiger charge is -2.10. The lowest BCUT2D eigenvalue weighted by atomic mass is 10.1. The maximum Gasteiger partial charge on any atom is 0.0542 e. The van der Waals surface area contributed by atoms with Gasteiger partial charge in [-0.15, -0.1) is 0 Å². The zero-order valence-corrected chi connectivity index (χ0v) is 18.5. The molecule has 7 aromatic rings. The molecule has 7 rings (SSSR count). The van der Waals surface area contributed by atoms with Crippen LogP contribution in [-0.4, -0.2) is 9.13 Å². The zero-order valence-electron chi connectivity index (χ0n) is 17.7. The number of hydrogen-bond donors (Lipinski definition) is 0. The smallest absolute Gasteiger partial charge is 0.0542 e. The van der Waals surface area contributed by atoms with Crippen LogP contribution in [0.1, 0.15) is 0 Å². The third-order valence-electron chi connectivity index (χ3n) is 6.56. The van der Waals surface area contributed by atoms with Gasteiger partial charge in [0.2, 0.25) is 0 Å². The van der Waals surface area contributed by atoms with Gasteiger partial charge in [0, 0.05) is 37.9 Å². The summed E-state index contributed by atoms with van der Waals surface area (Å²) in [5, 5.41) is 5.63. The number of hydrogen-bond acceptors (Lipinski definition) is 0. The molecule has 0 spiro atoms. The second kappa shape index (κ2) is 6.99. The fourth-order valence-corrected chi connectivity index (χ4v) is 5.35. The van der Waals surface area contributed by atoms with E-state index in [1.54, 1.807) is 0 Å². The summed E-state index contributed by atoms with van der Waals surface area (Å²) in [6, 6.07) is 40.7. The summed E-state index contributed by atoms with van der Waals surface area (Å²) >= 11 is 6.37. The first-order valence-electron chi connectivity index (χ1n) is 11.1. The van der Waals surface area contributed by atoms with Crippen LogP contribution in [0.15, 0.2) is 115 Å². The first-order chi connectivity index (χ1) is 16.3. The fourth-order valence-electron chi connectivity index (χ4n) is 5.18. The summed E-state index contributed by atoms with van der Waals surface area (Å²) in [6.07, 6.45) is 0. The van der Waals surface area contributed by atoms with E-state index in [9.17, 15) is 0 Å². The van der Waals surface area contributed by atoms with E-state index in [2.05, 4.69) is 118 Å². The Balaban J connectivity index is 1.58. The Labute approximate surface area is 195 Å². The van der Waals surface area contributed by atoms with Crippen molar-refractivity contribution in [2.75, 3.05) is 0 Å². The summed E-state index contributed by atoms with van der Waals surface area (Å²) < 4.78 is 4.69. The molecule has 0 amide bonds. The minimum absolute atomic E-state index is 0.756. The van der Waals surface area contributed by atoms with Crippen LogP contribution in [-0.2, 0) is 0 Å². The van der Waals surface area contributed by atoms with Crippen molar-refractivity contribution < 1.29 is 0 Å². The molecule has 0 saturated heterocycles. The Kier molecular flexibility index (Phi) is 3.93. The molecule has 0 bridgehead atoms. The topological polar surface area (TPSA) is 9.86 Å². The maximum atomic E-state index is 6.37. The van der Waals surface area contributed by atoms with E-state index in [1.165, 1.54) is 43.8 Å². The van der Waals surface area contributed by atoms with Gasteiger partial charge in [-0.3, -0.25) is 0 Å². The van der Waals surface area contributed by atoms with Crippen LogP contribution < -0.4 is 0 Å². The number of halogens is 1. The molecule has 0 atom stereocenters. The third-order valence-corrected chi connectivity index (χ3v) is 6.80. The van der Waals surface area contributed by atoms with Gasteiger partial charge in [-0.1, -0.05) is 66.2 Å². The minimum Gasteiger partial charge on any atom is -0.309 e. The average Bonchev–Trinajstić information content (AvgIpc) is 3.37. The number of nitrogens with zero attached hydrogens (tertiary/aromatic N) is 2. The van der Waals surface area contributed by atoms with Crippen molar-refractivity contribution in [3.05, 3.63) is 120 Å². The van der Waals surface area contributed by atoms with Gasteiger partial charge in [0.1, 0.15) is 0 Å². The molecule has 0 aliphatic rings. The zero-order chi connectivity index (χ0) is 21.9. The van der Waals surface area contributed by atoms with Crippen LogP contribution in [0.2, 0.25) is 5.02 Å². The second-order valence-corrected chi connectivity index (χ2v) is 8.84. The molecule has 2 heterocycles. The van der Waals surface area contributed by atoms with Crippen molar-refractivity contribution >= 4 is 55.2 Å². The van der Waals surface area contributed by atoms with Crippen molar-refractivity contribution in [2.45, 2.75) is 0 Å². The van der Waals surface area contributed by atoms with Gasteiger partial charge in [-0.05, 0) is 60.7 Å². The van der Waals surface area contributed by atoms with Crippen molar-refractivity contribution in [3.63, 3.8) is 0 Å². The van der Waals surface area contributed by atoms with Crippen LogP contribution in [0.3, 0.4) is 0 Å². The quantitative estimate of drug-likeness (QED) is 0.254. The fraction of sp³-hybridized carbons (Fsp3) is 0. The highest BCUT2D eigenvalue weighted by atomic mass is 35.5. The van der Waals surface area contributed by atoms with Gasteiger partial charge in [-0.25, -0.2) is 0 Å². The van der Waals surface area contributed by atoms with Crippen LogP contribution >= 0.6 is 11.6 Å². The molecular formula is C30H19ClN2. The number of rotatable bonds is 2. The molecule has 156 valence electrons. The van der Waals surface area contributed by atoms with Gasteiger partial charge in [-0.2, -0.15) is 0 Å². The molecule has 0 fully saturated rings. The summed E-state index contributed by atoms with van der Waals surface area (Å²) in [5.41, 5.74) is 7.07. The van der Waals surface area contributed by atoms with Gasteiger partial charge in [0.05, 0.1) is 22.1 Å². The molecule has 2 nitrogen and oxygen atoms in total. The van der Waals surface area contributed by atoms with Crippen molar-refractivity contribution in [2.24, 2.45) is 0 Å². The highest BCUT2D eigenvalue weighted by Crippen LogP contribution is 2.37. The largest absolute Gasteiger partial charge is 0.309 e. The number of aromatic nitrogens is 2. The number of para-hydroxylation sites is 3. The van der Waals surface area contributed by atoms with Gasteiger partial charge >= 0.3 is 0 Å². The molecule has 0 saturated carbocycles. The summed E-state index contributed by atoms with van der Waals surface area (Å²) in [4.78, 5) is 0. The monoisotopic (exact) mass is 442 g/mol. The van der Waals surface area contributed by atoms with E-state index in [-0.39, 0.29) is 0 Å². The predicted octanol–water partition coefficient (Wildman–Crippen LogP) is 8.53. The standard InChI is InChI=1S/C30H19ClN2/c31-20-14-16-29-25(18-20)23-10-4-7-13-28(23)33(29)22-15-17-30-26(19-22)24-11-5-6-12-27(24)32(30)21-8-2-1-3-9-21/h1-19H. The van der Waals surface area contributed by atoms with Crippen LogP contribution in [0, 0.1) is 0 Å². The Bertz CT molecular complexity index is 1820. The average molecular weight is 443 g/mol. The van der Waals surface area contributed by atoms with Gasteiger partial charge in [0.15, 0.2) is 0 Å². The van der Waals surface area contributed by atoms with E-state index in [0.717, 1.165) is 16.2 Å². The van der Waals surface area contributed by atoms with Crippen LogP contribution in [0.5, 0.6) is 0 Å². The Morgan fingerprint density at radius 3 is 1.61 bits per heavy atom. The first kappa shape index (κ1) is 18.6. The third kappa shape index (κ3) is 2.68. The molecule has 33 heavy (non-hydrogen) atoms. The van der Waals surface area contributed by atoms with Gasteiger partial charge in [0.25, 0.3) is 0 Å². The molecule has 0 N–H and O–H groups in total. The Hall–Kier alpha value is -4.01. The highest BCUT2D eigenvalue weighted by Gasteiger charge is 2.16. The first-order valence-corrected chi connectivity index (χ1v) is 11.5. The lowest BCUT2D eigenvalue weighted by Crippen LogP contribution is -1.95. The van der Waals surface area contributed by atoms with Crippen molar-refractivity contribution in [3.8, 4) is 11.4 Å². The molecular weight excluding hydrogens is 424 g/mol. The Morgan fingerprint density at radius 1 is 0.394 bits per heavy atom. The molecule has 5 aromatic carbocycles. The normalized spacial score (nSPS) is 11.8. The number of fused-ring (bicyclic) bond motifs is 6. The maximum absolute atomic E-state index is 6.37. The molecule has 3 heteroatoms. The van der Waals surface area contributed by atoms with Crippen LogP contribution in [0.4, 0.5) is 0 Å². The second-order valence-electron chi connectivity index (χ2n) is 8.40. The van der Waals surface area contributed by atoms with E-state index in [1.807, 2.05) is 6.07 Å². The van der Waals surface area contributed by atoms with E-state index in [0.29, 0.717) is 0 Å². The van der Waals surface area contributed by atoms with E-state index in [4.69, 9.17) is 11.6 Å². The van der Waals surface area contributed by atoms with E-state index >= 15 is 0 Å². The minimum atomic E-state index is 0.756. The highest BCUT2D eigenvalue weighted by molar-refractivity contribution is 6.32. The molecule has 0 aliphatic heterocycles. The summed E-state index contributed by atoms with van der Waals surface area (Å²) in [6.45, 7) is 0. The summed E-state index contributed by atoms with van der Waals surface area (Å²) in [5.74, 6) is 0. The predicted molar refractivity (Wildman–Crippen MR) is 140 cm³/mol.